The predicted octanol–water partition coefficient (Wildman–Crippen LogP) is 4.41. The third-order valence-corrected chi connectivity index (χ3v) is 5.38. The van der Waals surface area contributed by atoms with E-state index < -0.39 is 12.0 Å². The van der Waals surface area contributed by atoms with Crippen molar-refractivity contribution in [2.24, 2.45) is 0 Å². The highest BCUT2D eigenvalue weighted by molar-refractivity contribution is 5.92. The molecule has 4 rings (SSSR count). The Morgan fingerprint density at radius 2 is 1.88 bits per heavy atom. The molecule has 0 aliphatic carbocycles. The Bertz CT molecular complexity index is 1180. The van der Waals surface area contributed by atoms with Gasteiger partial charge < -0.3 is 19.5 Å². The van der Waals surface area contributed by atoms with Gasteiger partial charge in [-0.25, -0.2) is 9.48 Å². The van der Waals surface area contributed by atoms with Crippen LogP contribution in [0.25, 0.3) is 0 Å². The monoisotopic (exact) mass is 448 g/mol. The van der Waals surface area contributed by atoms with E-state index in [-0.39, 0.29) is 6.10 Å². The molecule has 0 saturated heterocycles. The Hall–Kier alpha value is -3.81. The van der Waals surface area contributed by atoms with Gasteiger partial charge in [-0.05, 0) is 51.0 Å². The molecule has 1 unspecified atom stereocenters. The summed E-state index contributed by atoms with van der Waals surface area (Å²) < 4.78 is 18.8. The van der Waals surface area contributed by atoms with E-state index >= 15 is 0 Å². The zero-order valence-corrected chi connectivity index (χ0v) is 19.5. The molecule has 8 nitrogen and oxygen atoms in total. The first-order chi connectivity index (χ1) is 15.9. The molecule has 2 heterocycles. The third-order valence-electron chi connectivity index (χ3n) is 5.38. The average molecular weight is 449 g/mol. The number of rotatable bonds is 7. The molecule has 8 heteroatoms. The summed E-state index contributed by atoms with van der Waals surface area (Å²) in [5, 5.41) is 7.49. The zero-order valence-electron chi connectivity index (χ0n) is 19.5. The first-order valence-corrected chi connectivity index (χ1v) is 10.8. The molecular formula is C25H28N4O4. The standard InChI is InChI=1S/C25H28N4O4/c1-15(2)33-24(30)22-17(4)28-25-26-14-27-29(25)23(22)19-10-11-20(21(12-19)31-5)32-13-18-8-6-16(3)7-9-18/h6-12,14-15,23H,13H2,1-5H3,(H,26,27,28). The van der Waals surface area contributed by atoms with Gasteiger partial charge in [0.15, 0.2) is 11.5 Å². The topological polar surface area (TPSA) is 87.5 Å². The number of carbonyl (C=O) groups excluding carboxylic acids is 1. The number of ether oxygens (including phenoxy) is 3. The van der Waals surface area contributed by atoms with Crippen molar-refractivity contribution in [2.45, 2.75) is 46.4 Å². The van der Waals surface area contributed by atoms with E-state index in [4.69, 9.17) is 14.2 Å². The molecule has 33 heavy (non-hydrogen) atoms. The van der Waals surface area contributed by atoms with Crippen molar-refractivity contribution in [3.63, 3.8) is 0 Å². The van der Waals surface area contributed by atoms with Crippen LogP contribution in [0.3, 0.4) is 0 Å². The van der Waals surface area contributed by atoms with Crippen molar-refractivity contribution in [3.05, 3.63) is 76.8 Å². The van der Waals surface area contributed by atoms with Crippen LogP contribution in [0.5, 0.6) is 11.5 Å². The van der Waals surface area contributed by atoms with Gasteiger partial charge in [0.2, 0.25) is 5.95 Å². The van der Waals surface area contributed by atoms with Gasteiger partial charge in [0.05, 0.1) is 18.8 Å². The molecule has 1 aliphatic heterocycles. The quantitative estimate of drug-likeness (QED) is 0.536. The predicted molar refractivity (Wildman–Crippen MR) is 124 cm³/mol. The minimum Gasteiger partial charge on any atom is -0.493 e. The number of nitrogens with one attached hydrogen (secondary N) is 1. The summed E-state index contributed by atoms with van der Waals surface area (Å²) in [5.74, 6) is 1.33. The Kier molecular flexibility index (Phi) is 6.35. The van der Waals surface area contributed by atoms with Crippen molar-refractivity contribution >= 4 is 11.9 Å². The van der Waals surface area contributed by atoms with Crippen LogP contribution in [0.15, 0.2) is 60.1 Å². The Morgan fingerprint density at radius 3 is 2.58 bits per heavy atom. The van der Waals surface area contributed by atoms with E-state index in [1.54, 1.807) is 11.8 Å². The number of aromatic nitrogens is 3. The van der Waals surface area contributed by atoms with Crippen LogP contribution < -0.4 is 14.8 Å². The number of nitrogens with zero attached hydrogens (tertiary/aromatic N) is 3. The van der Waals surface area contributed by atoms with Gasteiger partial charge in [0, 0.05) is 5.70 Å². The number of carbonyl (C=O) groups is 1. The van der Waals surface area contributed by atoms with E-state index in [1.165, 1.54) is 11.9 Å². The van der Waals surface area contributed by atoms with Gasteiger partial charge in [-0.1, -0.05) is 35.9 Å². The first kappa shape index (κ1) is 22.4. The van der Waals surface area contributed by atoms with Crippen LogP contribution in [0.4, 0.5) is 5.95 Å². The number of esters is 1. The summed E-state index contributed by atoms with van der Waals surface area (Å²) in [4.78, 5) is 17.3. The molecule has 1 aromatic heterocycles. The van der Waals surface area contributed by atoms with E-state index in [0.717, 1.165) is 11.1 Å². The Balaban J connectivity index is 1.67. The Labute approximate surface area is 193 Å². The third kappa shape index (κ3) is 4.69. The normalized spacial score (nSPS) is 15.2. The molecular weight excluding hydrogens is 420 g/mol. The maximum atomic E-state index is 13.0. The van der Waals surface area contributed by atoms with Gasteiger partial charge in [-0.15, -0.1) is 0 Å². The van der Waals surface area contributed by atoms with Crippen LogP contribution in [-0.2, 0) is 16.1 Å². The highest BCUT2D eigenvalue weighted by Gasteiger charge is 2.35. The number of allylic oxidation sites excluding steroid dienone is 1. The van der Waals surface area contributed by atoms with Gasteiger partial charge in [-0.2, -0.15) is 10.1 Å². The van der Waals surface area contributed by atoms with Crippen LogP contribution in [0.1, 0.15) is 43.5 Å². The maximum Gasteiger partial charge on any atom is 0.338 e. The molecule has 1 N–H and O–H groups in total. The summed E-state index contributed by atoms with van der Waals surface area (Å²) >= 11 is 0. The second-order valence-corrected chi connectivity index (χ2v) is 8.23. The molecule has 0 spiro atoms. The highest BCUT2D eigenvalue weighted by atomic mass is 16.5. The molecule has 2 aromatic carbocycles. The summed E-state index contributed by atoms with van der Waals surface area (Å²) in [7, 11) is 1.59. The van der Waals surface area contributed by atoms with E-state index in [0.29, 0.717) is 35.3 Å². The summed E-state index contributed by atoms with van der Waals surface area (Å²) in [6.45, 7) is 7.95. The van der Waals surface area contributed by atoms with Crippen molar-refractivity contribution in [2.75, 3.05) is 12.4 Å². The van der Waals surface area contributed by atoms with E-state index in [2.05, 4.69) is 34.5 Å². The van der Waals surface area contributed by atoms with E-state index in [9.17, 15) is 4.79 Å². The number of hydrogen-bond donors (Lipinski definition) is 1. The molecule has 0 radical (unpaired) electrons. The fraction of sp³-hybridized carbons (Fsp3) is 0.320. The fourth-order valence-electron chi connectivity index (χ4n) is 3.76. The number of hydrogen-bond acceptors (Lipinski definition) is 7. The molecule has 1 aliphatic rings. The fourth-order valence-corrected chi connectivity index (χ4v) is 3.76. The lowest BCUT2D eigenvalue weighted by atomic mass is 9.95. The van der Waals surface area contributed by atoms with Crippen molar-refractivity contribution in [1.29, 1.82) is 0 Å². The van der Waals surface area contributed by atoms with E-state index in [1.807, 2.05) is 51.1 Å². The molecule has 172 valence electrons. The number of methoxy groups -OCH3 is 1. The van der Waals surface area contributed by atoms with Gasteiger partial charge >= 0.3 is 5.97 Å². The van der Waals surface area contributed by atoms with Crippen molar-refractivity contribution < 1.29 is 19.0 Å². The van der Waals surface area contributed by atoms with Gasteiger partial charge in [0.25, 0.3) is 0 Å². The lowest BCUT2D eigenvalue weighted by molar-refractivity contribution is -0.143. The molecule has 0 fully saturated rings. The highest BCUT2D eigenvalue weighted by Crippen LogP contribution is 2.39. The van der Waals surface area contributed by atoms with Gasteiger partial charge in [-0.3, -0.25) is 0 Å². The molecule has 0 saturated carbocycles. The minimum atomic E-state index is -0.518. The minimum absolute atomic E-state index is 0.248. The first-order valence-electron chi connectivity index (χ1n) is 10.8. The van der Waals surface area contributed by atoms with Crippen LogP contribution in [-0.4, -0.2) is 33.9 Å². The number of benzene rings is 2. The Morgan fingerprint density at radius 1 is 1.12 bits per heavy atom. The van der Waals surface area contributed by atoms with Crippen LogP contribution in [0, 0.1) is 6.92 Å². The smallest absolute Gasteiger partial charge is 0.338 e. The van der Waals surface area contributed by atoms with Gasteiger partial charge in [0.1, 0.15) is 19.0 Å². The summed E-state index contributed by atoms with van der Waals surface area (Å²) in [6.07, 6.45) is 1.21. The molecule has 1 atom stereocenters. The zero-order chi connectivity index (χ0) is 23.5. The largest absolute Gasteiger partial charge is 0.493 e. The van der Waals surface area contributed by atoms with Crippen molar-refractivity contribution in [3.8, 4) is 11.5 Å². The lowest BCUT2D eigenvalue weighted by Gasteiger charge is -2.29. The second kappa shape index (κ2) is 9.36. The van der Waals surface area contributed by atoms with Crippen LogP contribution >= 0.6 is 0 Å². The van der Waals surface area contributed by atoms with Crippen LogP contribution in [0.2, 0.25) is 0 Å². The lowest BCUT2D eigenvalue weighted by Crippen LogP contribution is -2.30. The summed E-state index contributed by atoms with van der Waals surface area (Å²) in [6, 6.07) is 13.3. The molecule has 0 amide bonds. The maximum absolute atomic E-state index is 13.0. The number of aryl methyl sites for hydroxylation is 1. The summed E-state index contributed by atoms with van der Waals surface area (Å²) in [5.41, 5.74) is 4.21. The second-order valence-electron chi connectivity index (χ2n) is 8.23. The SMILES string of the molecule is COc1cc(C2C(C(=O)OC(C)C)=C(C)Nc3ncnn32)ccc1OCc1ccc(C)cc1. The molecule has 0 bridgehead atoms. The number of anilines is 1. The number of fused-ring (bicyclic) bond motifs is 1. The van der Waals surface area contributed by atoms with Crippen molar-refractivity contribution in [1.82, 2.24) is 14.8 Å². The molecule has 3 aromatic rings. The average Bonchev–Trinajstić information content (AvgIpc) is 3.25.